The number of nitrogens with zero attached hydrogens (tertiary/aromatic N) is 1. The van der Waals surface area contributed by atoms with E-state index >= 15 is 0 Å². The molecule has 0 fully saturated rings. The molecule has 1 N–H and O–H groups in total. The molecular formula is C13H12Cl2N2O3. The molecule has 0 spiro atoms. The second-order valence-electron chi connectivity index (χ2n) is 3.97. The summed E-state index contributed by atoms with van der Waals surface area (Å²) in [7, 11) is 0. The summed E-state index contributed by atoms with van der Waals surface area (Å²) in [6, 6.07) is 2.40. The minimum Gasteiger partial charge on any atom is -0.352 e. The van der Waals surface area contributed by atoms with Crippen molar-refractivity contribution in [1.29, 1.82) is 0 Å². The third-order valence-corrected chi connectivity index (χ3v) is 3.29. The van der Waals surface area contributed by atoms with Crippen molar-refractivity contribution < 1.29 is 9.72 Å². The fraction of sp³-hybridized carbons (Fsp3) is 0.308. The predicted molar refractivity (Wildman–Crippen MR) is 78.1 cm³/mol. The predicted octanol–water partition coefficient (Wildman–Crippen LogP) is 3.43. The molecule has 1 aromatic carbocycles. The van der Waals surface area contributed by atoms with Gasteiger partial charge in [-0.15, -0.1) is 12.3 Å². The van der Waals surface area contributed by atoms with Crippen molar-refractivity contribution in [3.05, 3.63) is 37.9 Å². The van der Waals surface area contributed by atoms with E-state index in [9.17, 15) is 14.9 Å². The highest BCUT2D eigenvalue weighted by atomic mass is 35.5. The van der Waals surface area contributed by atoms with Gasteiger partial charge in [-0.2, -0.15) is 0 Å². The van der Waals surface area contributed by atoms with Gasteiger partial charge in [0.25, 0.3) is 11.6 Å². The zero-order valence-corrected chi connectivity index (χ0v) is 12.0. The van der Waals surface area contributed by atoms with Gasteiger partial charge in [0.1, 0.15) is 5.02 Å². The van der Waals surface area contributed by atoms with Crippen LogP contribution in [0.1, 0.15) is 29.6 Å². The van der Waals surface area contributed by atoms with Gasteiger partial charge in [0.05, 0.1) is 9.95 Å². The summed E-state index contributed by atoms with van der Waals surface area (Å²) < 4.78 is 0. The lowest BCUT2D eigenvalue weighted by Crippen LogP contribution is -2.24. The third kappa shape index (κ3) is 4.41. The van der Waals surface area contributed by atoms with E-state index in [1.807, 2.05) is 0 Å². The third-order valence-electron chi connectivity index (χ3n) is 2.50. The highest BCUT2D eigenvalue weighted by Gasteiger charge is 2.19. The molecule has 1 amide bonds. The molecule has 20 heavy (non-hydrogen) atoms. The number of unbranched alkanes of at least 4 members (excludes halogenated alkanes) is 2. The zero-order valence-electron chi connectivity index (χ0n) is 10.5. The number of hydrogen-bond donors (Lipinski definition) is 1. The summed E-state index contributed by atoms with van der Waals surface area (Å²) >= 11 is 11.5. The first-order valence-corrected chi connectivity index (χ1v) is 6.58. The maximum atomic E-state index is 11.8. The van der Waals surface area contributed by atoms with Gasteiger partial charge in [0.15, 0.2) is 0 Å². The van der Waals surface area contributed by atoms with Crippen LogP contribution in [0.2, 0.25) is 10.0 Å². The molecule has 0 saturated carbocycles. The number of nitro benzene ring substituents is 1. The fourth-order valence-corrected chi connectivity index (χ4v) is 1.89. The van der Waals surface area contributed by atoms with Crippen LogP contribution in [0.3, 0.4) is 0 Å². The van der Waals surface area contributed by atoms with Gasteiger partial charge in [0.2, 0.25) is 0 Å². The van der Waals surface area contributed by atoms with Crippen molar-refractivity contribution in [2.45, 2.75) is 19.3 Å². The number of carbonyl (C=O) groups excluding carboxylic acids is 1. The van der Waals surface area contributed by atoms with E-state index in [2.05, 4.69) is 11.2 Å². The van der Waals surface area contributed by atoms with Crippen LogP contribution in [0, 0.1) is 22.5 Å². The lowest BCUT2D eigenvalue weighted by Gasteiger charge is -2.06. The number of hydrogen-bond acceptors (Lipinski definition) is 3. The normalized spacial score (nSPS) is 9.85. The Bertz CT molecular complexity index is 567. The Morgan fingerprint density at radius 1 is 1.40 bits per heavy atom. The van der Waals surface area contributed by atoms with Crippen molar-refractivity contribution in [2.24, 2.45) is 0 Å². The van der Waals surface area contributed by atoms with Crippen molar-refractivity contribution in [3.63, 3.8) is 0 Å². The first-order chi connectivity index (χ1) is 9.47. The number of halogens is 2. The number of carbonyl (C=O) groups is 1. The topological polar surface area (TPSA) is 72.2 Å². The van der Waals surface area contributed by atoms with Gasteiger partial charge in [-0.25, -0.2) is 0 Å². The lowest BCUT2D eigenvalue weighted by molar-refractivity contribution is -0.384. The summed E-state index contributed by atoms with van der Waals surface area (Å²) in [6.45, 7) is 0.439. The summed E-state index contributed by atoms with van der Waals surface area (Å²) in [5, 5.41) is 13.2. The van der Waals surface area contributed by atoms with Crippen molar-refractivity contribution in [3.8, 4) is 12.3 Å². The van der Waals surface area contributed by atoms with Crippen molar-refractivity contribution in [2.75, 3.05) is 6.54 Å². The molecule has 1 rings (SSSR count). The molecule has 0 bridgehead atoms. The molecule has 0 aliphatic heterocycles. The number of benzene rings is 1. The summed E-state index contributed by atoms with van der Waals surface area (Å²) in [5.41, 5.74) is -0.292. The van der Waals surface area contributed by atoms with Gasteiger partial charge in [-0.05, 0) is 18.9 Å². The van der Waals surface area contributed by atoms with Crippen LogP contribution in [0.4, 0.5) is 5.69 Å². The SMILES string of the molecule is C#CCCCCNC(=O)c1cc(Cl)c(Cl)c([N+](=O)[O-])c1. The van der Waals surface area contributed by atoms with Crippen LogP contribution in [-0.4, -0.2) is 17.4 Å². The fourth-order valence-electron chi connectivity index (χ4n) is 1.49. The molecule has 0 aromatic heterocycles. The van der Waals surface area contributed by atoms with Crippen LogP contribution in [0.15, 0.2) is 12.1 Å². The van der Waals surface area contributed by atoms with Crippen LogP contribution in [0.5, 0.6) is 0 Å². The van der Waals surface area contributed by atoms with E-state index < -0.39 is 16.5 Å². The van der Waals surface area contributed by atoms with Gasteiger partial charge in [0, 0.05) is 24.6 Å². The molecule has 0 radical (unpaired) electrons. The van der Waals surface area contributed by atoms with E-state index in [1.54, 1.807) is 0 Å². The molecule has 0 atom stereocenters. The standard InChI is InChI=1S/C13H12Cl2N2O3/c1-2-3-4-5-6-16-13(18)9-7-10(14)12(15)11(8-9)17(19)20/h1,7-8H,3-6H2,(H,16,18). The minimum absolute atomic E-state index is 0.0293. The number of nitro groups is 1. The molecule has 0 unspecified atom stereocenters. The average molecular weight is 315 g/mol. The molecule has 106 valence electrons. The first kappa shape index (κ1) is 16.3. The number of terminal acetylenes is 1. The summed E-state index contributed by atoms with van der Waals surface area (Å²) in [6.07, 6.45) is 7.30. The van der Waals surface area contributed by atoms with E-state index in [0.717, 1.165) is 18.9 Å². The maximum Gasteiger partial charge on any atom is 0.290 e. The van der Waals surface area contributed by atoms with Crippen LogP contribution in [0.25, 0.3) is 0 Å². The average Bonchev–Trinajstić information content (AvgIpc) is 2.40. The second kappa shape index (κ2) is 7.73. The number of rotatable bonds is 6. The van der Waals surface area contributed by atoms with Crippen LogP contribution in [-0.2, 0) is 0 Å². The Hall–Kier alpha value is -1.77. The van der Waals surface area contributed by atoms with Gasteiger partial charge >= 0.3 is 0 Å². The second-order valence-corrected chi connectivity index (χ2v) is 4.75. The highest BCUT2D eigenvalue weighted by molar-refractivity contribution is 6.43. The molecule has 7 heteroatoms. The zero-order chi connectivity index (χ0) is 15.1. The molecule has 0 aliphatic carbocycles. The molecule has 0 heterocycles. The Morgan fingerprint density at radius 2 is 2.10 bits per heavy atom. The van der Waals surface area contributed by atoms with E-state index in [0.29, 0.717) is 13.0 Å². The largest absolute Gasteiger partial charge is 0.352 e. The van der Waals surface area contributed by atoms with Crippen LogP contribution >= 0.6 is 23.2 Å². The van der Waals surface area contributed by atoms with Gasteiger partial charge in [-0.3, -0.25) is 14.9 Å². The number of amides is 1. The van der Waals surface area contributed by atoms with Crippen molar-refractivity contribution in [1.82, 2.24) is 5.32 Å². The Balaban J connectivity index is 2.74. The number of nitrogens with one attached hydrogen (secondary N) is 1. The van der Waals surface area contributed by atoms with Crippen LogP contribution < -0.4 is 5.32 Å². The quantitative estimate of drug-likeness (QED) is 0.378. The molecule has 5 nitrogen and oxygen atoms in total. The highest BCUT2D eigenvalue weighted by Crippen LogP contribution is 2.32. The Kier molecular flexibility index (Phi) is 6.29. The molecule has 1 aromatic rings. The summed E-state index contributed by atoms with van der Waals surface area (Å²) in [5.74, 6) is 2.06. The minimum atomic E-state index is -0.683. The molecule has 0 aliphatic rings. The van der Waals surface area contributed by atoms with Crippen molar-refractivity contribution >= 4 is 34.8 Å². The smallest absolute Gasteiger partial charge is 0.290 e. The Morgan fingerprint density at radius 3 is 2.70 bits per heavy atom. The maximum absolute atomic E-state index is 11.8. The molecular weight excluding hydrogens is 303 g/mol. The molecule has 0 saturated heterocycles. The lowest BCUT2D eigenvalue weighted by atomic mass is 10.2. The van der Waals surface area contributed by atoms with E-state index in [-0.39, 0.29) is 15.6 Å². The van der Waals surface area contributed by atoms with E-state index in [4.69, 9.17) is 29.6 Å². The monoisotopic (exact) mass is 314 g/mol. The first-order valence-electron chi connectivity index (χ1n) is 5.82. The van der Waals surface area contributed by atoms with Gasteiger partial charge < -0.3 is 5.32 Å². The summed E-state index contributed by atoms with van der Waals surface area (Å²) in [4.78, 5) is 22.0. The Labute approximate surface area is 126 Å². The van der Waals surface area contributed by atoms with E-state index in [1.165, 1.54) is 6.07 Å². The van der Waals surface area contributed by atoms with Gasteiger partial charge in [-0.1, -0.05) is 23.2 Å².